The van der Waals surface area contributed by atoms with Gasteiger partial charge in [-0.15, -0.1) is 10.2 Å². The van der Waals surface area contributed by atoms with E-state index < -0.39 is 23.7 Å². The van der Waals surface area contributed by atoms with E-state index in [1.165, 1.54) is 12.1 Å². The summed E-state index contributed by atoms with van der Waals surface area (Å²) in [5, 5.41) is 17.2. The molecule has 0 radical (unpaired) electrons. The lowest BCUT2D eigenvalue weighted by Crippen LogP contribution is -2.31. The zero-order valence-corrected chi connectivity index (χ0v) is 36.4. The summed E-state index contributed by atoms with van der Waals surface area (Å²) in [6, 6.07) is 30.0. The van der Waals surface area contributed by atoms with E-state index in [9.17, 15) is 32.3 Å². The molecule has 6 aromatic rings. The van der Waals surface area contributed by atoms with E-state index in [-0.39, 0.29) is 119 Å². The smallest absolute Gasteiger partial charge is 0.442 e. The van der Waals surface area contributed by atoms with Gasteiger partial charge < -0.3 is 38.7 Å². The second kappa shape index (κ2) is 22.8. The molecule has 3 heterocycles. The normalized spacial score (nSPS) is 12.7. The van der Waals surface area contributed by atoms with Crippen LogP contribution in [0.15, 0.2) is 131 Å². The Balaban J connectivity index is 0.879. The van der Waals surface area contributed by atoms with Crippen molar-refractivity contribution >= 4 is 39.7 Å². The predicted octanol–water partition coefficient (Wildman–Crippen LogP) is 7.65. The van der Waals surface area contributed by atoms with Crippen molar-refractivity contribution in [1.82, 2.24) is 15.0 Å². The van der Waals surface area contributed by atoms with Gasteiger partial charge in [-0.2, -0.15) is 13.2 Å². The van der Waals surface area contributed by atoms with Crippen LogP contribution in [-0.2, 0) is 24.6 Å². The van der Waals surface area contributed by atoms with Crippen LogP contribution in [0.5, 0.6) is 5.75 Å². The number of azide groups is 1. The summed E-state index contributed by atoms with van der Waals surface area (Å²) in [6.45, 7) is 1.34. The number of carbonyl (C=O) groups is 4. The Morgan fingerprint density at radius 2 is 1.25 bits per heavy atom. The Bertz CT molecular complexity index is 2840. The fourth-order valence-electron chi connectivity index (χ4n) is 7.09. The van der Waals surface area contributed by atoms with Gasteiger partial charge in [-0.25, -0.2) is 0 Å². The van der Waals surface area contributed by atoms with Crippen molar-refractivity contribution in [3.8, 4) is 5.75 Å². The molecule has 0 atom stereocenters. The van der Waals surface area contributed by atoms with Crippen molar-refractivity contribution in [3.05, 3.63) is 165 Å². The number of hydrogen-bond donors (Lipinski definition) is 2. The van der Waals surface area contributed by atoms with E-state index in [1.54, 1.807) is 59.1 Å². The highest BCUT2D eigenvalue weighted by atomic mass is 19.4. The number of ketones is 2. The molecule has 2 amide bonds. The highest BCUT2D eigenvalue weighted by Gasteiger charge is 2.65. The number of pyridine rings is 1. The average molecular weight is 935 g/mol. The van der Waals surface area contributed by atoms with Crippen LogP contribution in [0.25, 0.3) is 26.7 Å². The van der Waals surface area contributed by atoms with Crippen molar-refractivity contribution in [1.29, 1.82) is 0 Å². The summed E-state index contributed by atoms with van der Waals surface area (Å²) in [4.78, 5) is 56.8. The summed E-state index contributed by atoms with van der Waals surface area (Å²) >= 11 is 0. The highest BCUT2D eigenvalue weighted by molar-refractivity contribution is 6.14. The van der Waals surface area contributed by atoms with Gasteiger partial charge in [0.15, 0.2) is 5.78 Å². The maximum atomic E-state index is 14.0. The molecule has 7 rings (SSSR count). The zero-order valence-electron chi connectivity index (χ0n) is 36.4. The number of benzene rings is 4. The molecule has 4 aromatic carbocycles. The van der Waals surface area contributed by atoms with Gasteiger partial charge in [-0.05, 0) is 52.7 Å². The summed E-state index contributed by atoms with van der Waals surface area (Å²) in [6.07, 6.45) is -3.17. The van der Waals surface area contributed by atoms with Gasteiger partial charge in [0.2, 0.25) is 5.78 Å². The average Bonchev–Trinajstić information content (AvgIpc) is 4.10. The van der Waals surface area contributed by atoms with Crippen molar-refractivity contribution in [2.45, 2.75) is 11.8 Å². The van der Waals surface area contributed by atoms with Crippen molar-refractivity contribution in [2.75, 3.05) is 79.1 Å². The summed E-state index contributed by atoms with van der Waals surface area (Å²) in [5.74, 6) is -1.76. The highest BCUT2D eigenvalue weighted by Crippen LogP contribution is 2.53. The standard InChI is InChI=1S/C48H45F3N8O9/c49-48(50,51)47(56-57-47)37-12-13-38(42(30-37)68-27-26-67-25-24-66-21-17-55-58-52)45(62)53-15-19-64-22-23-65-20-16-54-46(63)39-31-41(44(61)35-11-10-32-6-4-5-9-34(32)28-35)59-18-14-36(29-40(39)59)43(60)33-7-2-1-3-8-33/h1-14,18,28-31H,15-17,19-27H2,(H,53,62)(H,54,63). The quantitative estimate of drug-likeness (QED) is 0.0179. The molecule has 0 aliphatic carbocycles. The number of aromatic nitrogens is 1. The monoisotopic (exact) mass is 934 g/mol. The van der Waals surface area contributed by atoms with Gasteiger partial charge in [-0.1, -0.05) is 77.9 Å². The predicted molar refractivity (Wildman–Crippen MR) is 241 cm³/mol. The molecule has 0 unspecified atom stereocenters. The van der Waals surface area contributed by atoms with Crippen LogP contribution >= 0.6 is 0 Å². The molecule has 0 spiro atoms. The van der Waals surface area contributed by atoms with Gasteiger partial charge in [0.1, 0.15) is 12.4 Å². The van der Waals surface area contributed by atoms with Crippen LogP contribution in [0.2, 0.25) is 0 Å². The minimum absolute atomic E-state index is 0.0271. The molecule has 68 heavy (non-hydrogen) atoms. The van der Waals surface area contributed by atoms with E-state index in [0.29, 0.717) is 22.2 Å². The van der Waals surface area contributed by atoms with Crippen LogP contribution < -0.4 is 15.4 Å². The van der Waals surface area contributed by atoms with Gasteiger partial charge in [0.05, 0.1) is 75.2 Å². The maximum Gasteiger partial charge on any atom is 0.442 e. The minimum atomic E-state index is -4.78. The molecular formula is C48H45F3N8O9. The third-order valence-corrected chi connectivity index (χ3v) is 10.6. The molecule has 2 aromatic heterocycles. The molecule has 20 heteroatoms. The maximum absolute atomic E-state index is 14.0. The number of nitrogens with one attached hydrogen (secondary N) is 2. The van der Waals surface area contributed by atoms with Gasteiger partial charge in [0.25, 0.3) is 11.8 Å². The molecule has 1 aliphatic rings. The van der Waals surface area contributed by atoms with E-state index >= 15 is 0 Å². The summed E-state index contributed by atoms with van der Waals surface area (Å²) < 4.78 is 70.4. The van der Waals surface area contributed by atoms with E-state index in [2.05, 4.69) is 30.9 Å². The van der Waals surface area contributed by atoms with Crippen LogP contribution in [0, 0.1) is 0 Å². The SMILES string of the molecule is [N-]=[N+]=NCCOCCOCCOc1cc(C2(C(F)(F)F)N=N2)ccc1C(=O)NCCOCCOCCNC(=O)c1cc(C(=O)c2ccc3ccccc3c2)n2ccc(C(=O)c3ccccc3)cc12. The first kappa shape index (κ1) is 48.5. The number of alkyl halides is 3. The number of fused-ring (bicyclic) bond motifs is 2. The Labute approximate surface area is 386 Å². The van der Waals surface area contributed by atoms with Crippen LogP contribution in [0.4, 0.5) is 13.2 Å². The van der Waals surface area contributed by atoms with Crippen molar-refractivity contribution in [2.24, 2.45) is 15.3 Å². The second-order valence-electron chi connectivity index (χ2n) is 15.0. The second-order valence-corrected chi connectivity index (χ2v) is 15.0. The van der Waals surface area contributed by atoms with Gasteiger partial charge in [0, 0.05) is 53.0 Å². The van der Waals surface area contributed by atoms with E-state index in [0.717, 1.165) is 22.9 Å². The number of nitrogens with zero attached hydrogens (tertiary/aromatic N) is 6. The Morgan fingerprint density at radius 3 is 1.93 bits per heavy atom. The molecule has 1 aliphatic heterocycles. The van der Waals surface area contributed by atoms with Crippen LogP contribution in [0.3, 0.4) is 0 Å². The lowest BCUT2D eigenvalue weighted by Gasteiger charge is -2.18. The van der Waals surface area contributed by atoms with E-state index in [1.807, 2.05) is 36.4 Å². The molecule has 0 saturated carbocycles. The lowest BCUT2D eigenvalue weighted by atomic mass is 10.00. The molecule has 0 saturated heterocycles. The number of ether oxygens (including phenoxy) is 5. The molecule has 2 N–H and O–H groups in total. The first-order valence-corrected chi connectivity index (χ1v) is 21.5. The van der Waals surface area contributed by atoms with Crippen LogP contribution in [0.1, 0.15) is 58.3 Å². The third-order valence-electron chi connectivity index (χ3n) is 10.6. The molecule has 0 fully saturated rings. The Morgan fingerprint density at radius 1 is 0.632 bits per heavy atom. The number of amides is 2. The lowest BCUT2D eigenvalue weighted by molar-refractivity contribution is -0.166. The number of rotatable bonds is 26. The van der Waals surface area contributed by atoms with Crippen molar-refractivity contribution < 1.29 is 56.0 Å². The number of halogens is 3. The molecular weight excluding hydrogens is 890 g/mol. The van der Waals surface area contributed by atoms with Gasteiger partial charge in [-0.3, -0.25) is 19.2 Å². The van der Waals surface area contributed by atoms with E-state index in [4.69, 9.17) is 29.2 Å². The first-order chi connectivity index (χ1) is 33.0. The molecule has 0 bridgehead atoms. The fraction of sp³-hybridized carbons (Fsp3) is 0.292. The van der Waals surface area contributed by atoms with Gasteiger partial charge >= 0.3 is 11.8 Å². The Kier molecular flexibility index (Phi) is 16.3. The largest absolute Gasteiger partial charge is 0.490 e. The van der Waals surface area contributed by atoms with Crippen LogP contribution in [-0.4, -0.2) is 113 Å². The Hall–Kier alpha value is -7.48. The third kappa shape index (κ3) is 11.9. The molecule has 17 nitrogen and oxygen atoms in total. The topological polar surface area (TPSA) is 216 Å². The fourth-order valence-corrected chi connectivity index (χ4v) is 7.09. The minimum Gasteiger partial charge on any atom is -0.490 e. The summed E-state index contributed by atoms with van der Waals surface area (Å²) in [5.41, 5.74) is 7.32. The summed E-state index contributed by atoms with van der Waals surface area (Å²) in [7, 11) is 0. The molecule has 352 valence electrons. The van der Waals surface area contributed by atoms with Crippen molar-refractivity contribution in [3.63, 3.8) is 0 Å². The number of carbonyl (C=O) groups excluding carboxylic acids is 4. The first-order valence-electron chi connectivity index (χ1n) is 21.5. The number of hydrogen-bond acceptors (Lipinski definition) is 12. The zero-order chi connectivity index (χ0) is 47.9.